The summed E-state index contributed by atoms with van der Waals surface area (Å²) >= 11 is 5.95. The van der Waals surface area contributed by atoms with Crippen molar-refractivity contribution in [3.05, 3.63) is 82.0 Å². The molecule has 4 aromatic rings. The summed E-state index contributed by atoms with van der Waals surface area (Å²) in [6, 6.07) is 9.54. The van der Waals surface area contributed by atoms with E-state index in [2.05, 4.69) is 15.1 Å². The summed E-state index contributed by atoms with van der Waals surface area (Å²) in [5.41, 5.74) is -0.0756. The summed E-state index contributed by atoms with van der Waals surface area (Å²) in [7, 11) is 0. The molecule has 0 aliphatic carbocycles. The second kappa shape index (κ2) is 8.62. The molecule has 1 aliphatic heterocycles. The van der Waals surface area contributed by atoms with Crippen molar-refractivity contribution < 1.29 is 14.3 Å². The lowest BCUT2D eigenvalue weighted by Crippen LogP contribution is -2.49. The van der Waals surface area contributed by atoms with Gasteiger partial charge in [-0.05, 0) is 49.2 Å². The predicted molar refractivity (Wildman–Crippen MR) is 122 cm³/mol. The summed E-state index contributed by atoms with van der Waals surface area (Å²) in [5, 5.41) is 16.3. The fourth-order valence-electron chi connectivity index (χ4n) is 4.12. The Kier molecular flexibility index (Phi) is 5.62. The van der Waals surface area contributed by atoms with Crippen molar-refractivity contribution in [1.82, 2.24) is 29.2 Å². The van der Waals surface area contributed by atoms with Gasteiger partial charge in [-0.15, -0.1) is 0 Å². The van der Waals surface area contributed by atoms with Gasteiger partial charge in [0.05, 0.1) is 29.6 Å². The van der Waals surface area contributed by atoms with E-state index in [4.69, 9.17) is 11.6 Å². The Hall–Kier alpha value is -3.63. The number of nitrogens with zero attached hydrogens (tertiary/aromatic N) is 6. The van der Waals surface area contributed by atoms with Gasteiger partial charge in [0.25, 0.3) is 11.5 Å². The van der Waals surface area contributed by atoms with Gasteiger partial charge in [0, 0.05) is 24.3 Å². The van der Waals surface area contributed by atoms with E-state index < -0.39 is 11.5 Å². The van der Waals surface area contributed by atoms with E-state index >= 15 is 0 Å². The summed E-state index contributed by atoms with van der Waals surface area (Å²) in [5.74, 6) is -0.927. The number of carbonyl (C=O) groups is 1. The van der Waals surface area contributed by atoms with E-state index in [9.17, 15) is 19.1 Å². The highest BCUT2D eigenvalue weighted by Gasteiger charge is 2.35. The molecular weight excluding hydrogens is 463 g/mol. The van der Waals surface area contributed by atoms with Crippen molar-refractivity contribution in [2.75, 3.05) is 13.1 Å². The highest BCUT2D eigenvalue weighted by atomic mass is 35.5. The Balaban J connectivity index is 1.32. The molecule has 0 radical (unpaired) electrons. The van der Waals surface area contributed by atoms with Crippen LogP contribution >= 0.6 is 11.6 Å². The first kappa shape index (κ1) is 22.2. The maximum absolute atomic E-state index is 13.1. The quantitative estimate of drug-likeness (QED) is 0.448. The van der Waals surface area contributed by atoms with Gasteiger partial charge in [-0.3, -0.25) is 14.2 Å². The van der Waals surface area contributed by atoms with Crippen LogP contribution in [0.5, 0.6) is 0 Å². The number of piperidine rings is 1. The maximum atomic E-state index is 13.1. The van der Waals surface area contributed by atoms with E-state index in [1.807, 2.05) is 0 Å². The van der Waals surface area contributed by atoms with Crippen LogP contribution < -0.4 is 5.56 Å². The maximum Gasteiger partial charge on any atom is 0.264 e. The lowest BCUT2D eigenvalue weighted by molar-refractivity contribution is -0.0299. The van der Waals surface area contributed by atoms with Gasteiger partial charge in [0.2, 0.25) is 5.95 Å². The minimum absolute atomic E-state index is 0.0427. The normalized spacial score (nSPS) is 15.6. The Bertz CT molecular complexity index is 1410. The van der Waals surface area contributed by atoms with Gasteiger partial charge in [0.15, 0.2) is 5.65 Å². The van der Waals surface area contributed by atoms with Crippen LogP contribution in [0.2, 0.25) is 5.02 Å². The highest BCUT2D eigenvalue weighted by Crippen LogP contribution is 2.25. The second-order valence-electron chi connectivity index (χ2n) is 8.33. The van der Waals surface area contributed by atoms with Gasteiger partial charge < -0.3 is 10.0 Å². The van der Waals surface area contributed by atoms with Crippen molar-refractivity contribution in [2.45, 2.75) is 25.0 Å². The van der Waals surface area contributed by atoms with Crippen LogP contribution in [-0.4, -0.2) is 58.9 Å². The fraction of sp³-hybridized carbons (Fsp3) is 0.261. The molecule has 174 valence electrons. The van der Waals surface area contributed by atoms with E-state index in [-0.39, 0.29) is 36.4 Å². The zero-order chi connectivity index (χ0) is 23.9. The first-order chi connectivity index (χ1) is 16.3. The number of likely N-dealkylation sites (tertiary alicyclic amines) is 1. The first-order valence-corrected chi connectivity index (χ1v) is 11.0. The largest absolute Gasteiger partial charge is 0.388 e. The molecular formula is C23H20ClFN6O3. The standard InChI is InChI=1S/C23H20ClFN6O3/c24-16-2-4-17(5-3-16)31-20-18(12-28-31)22(33)30(14-27-20)13-23(34)7-9-29(10-8-23)21(32)15-1-6-19(25)26-11-15/h1-6,11-12,14,34H,7-10,13H2. The highest BCUT2D eigenvalue weighted by molar-refractivity contribution is 6.30. The van der Waals surface area contributed by atoms with E-state index in [1.54, 1.807) is 33.8 Å². The number of aromatic nitrogens is 5. The number of hydrogen-bond acceptors (Lipinski definition) is 6. The van der Waals surface area contributed by atoms with Crippen molar-refractivity contribution in [3.63, 3.8) is 0 Å². The Morgan fingerprint density at radius 1 is 1.09 bits per heavy atom. The number of rotatable bonds is 4. The Morgan fingerprint density at radius 3 is 2.50 bits per heavy atom. The summed E-state index contributed by atoms with van der Waals surface area (Å²) < 4.78 is 15.9. The molecule has 1 amide bonds. The third-order valence-electron chi connectivity index (χ3n) is 6.05. The molecule has 1 N–H and O–H groups in total. The van der Waals surface area contributed by atoms with Gasteiger partial charge in [-0.2, -0.15) is 9.49 Å². The van der Waals surface area contributed by atoms with Crippen LogP contribution in [-0.2, 0) is 6.54 Å². The number of fused-ring (bicyclic) bond motifs is 1. The minimum Gasteiger partial charge on any atom is -0.388 e. The monoisotopic (exact) mass is 482 g/mol. The fourth-order valence-corrected chi connectivity index (χ4v) is 4.24. The van der Waals surface area contributed by atoms with Crippen LogP contribution in [0.4, 0.5) is 4.39 Å². The SMILES string of the molecule is O=C(c1ccc(F)nc1)N1CCC(O)(Cn2cnc3c(cnn3-c3ccc(Cl)cc3)c2=O)CC1. The molecule has 4 heterocycles. The number of pyridine rings is 1. The van der Waals surface area contributed by atoms with Crippen LogP contribution in [0.25, 0.3) is 16.7 Å². The number of halogens is 2. The molecule has 1 saturated heterocycles. The van der Waals surface area contributed by atoms with Crippen molar-refractivity contribution >= 4 is 28.5 Å². The first-order valence-electron chi connectivity index (χ1n) is 10.7. The Labute approximate surface area is 198 Å². The smallest absolute Gasteiger partial charge is 0.264 e. The van der Waals surface area contributed by atoms with Crippen LogP contribution in [0, 0.1) is 5.95 Å². The molecule has 1 aromatic carbocycles. The van der Waals surface area contributed by atoms with Gasteiger partial charge in [-0.25, -0.2) is 14.6 Å². The number of amides is 1. The molecule has 0 atom stereocenters. The van der Waals surface area contributed by atoms with Crippen LogP contribution in [0.15, 0.2) is 59.9 Å². The topological polar surface area (TPSA) is 106 Å². The van der Waals surface area contributed by atoms with E-state index in [0.29, 0.717) is 29.1 Å². The predicted octanol–water partition coefficient (Wildman–Crippen LogP) is 2.44. The van der Waals surface area contributed by atoms with Crippen molar-refractivity contribution in [1.29, 1.82) is 0 Å². The molecule has 1 fully saturated rings. The number of benzene rings is 1. The van der Waals surface area contributed by atoms with Crippen molar-refractivity contribution in [3.8, 4) is 5.69 Å². The second-order valence-corrected chi connectivity index (χ2v) is 8.77. The molecule has 0 saturated carbocycles. The van der Waals surface area contributed by atoms with E-state index in [0.717, 1.165) is 11.8 Å². The van der Waals surface area contributed by atoms with Crippen LogP contribution in [0.1, 0.15) is 23.2 Å². The average molecular weight is 483 g/mol. The zero-order valence-electron chi connectivity index (χ0n) is 17.9. The van der Waals surface area contributed by atoms with Crippen molar-refractivity contribution in [2.24, 2.45) is 0 Å². The Morgan fingerprint density at radius 2 is 1.82 bits per heavy atom. The number of hydrogen-bond donors (Lipinski definition) is 1. The number of carbonyl (C=O) groups excluding carboxylic acids is 1. The van der Waals surface area contributed by atoms with Gasteiger partial charge in [0.1, 0.15) is 11.7 Å². The zero-order valence-corrected chi connectivity index (χ0v) is 18.7. The molecule has 0 unspecified atom stereocenters. The average Bonchev–Trinajstić information content (AvgIpc) is 3.27. The molecule has 3 aromatic heterocycles. The third kappa shape index (κ3) is 4.17. The minimum atomic E-state index is -1.18. The summed E-state index contributed by atoms with van der Waals surface area (Å²) in [4.78, 5) is 35.2. The molecule has 0 bridgehead atoms. The molecule has 11 heteroatoms. The molecule has 0 spiro atoms. The molecule has 1 aliphatic rings. The lowest BCUT2D eigenvalue weighted by atomic mass is 9.91. The van der Waals surface area contributed by atoms with Gasteiger partial charge >= 0.3 is 0 Å². The van der Waals surface area contributed by atoms with Crippen LogP contribution in [0.3, 0.4) is 0 Å². The molecule has 5 rings (SSSR count). The summed E-state index contributed by atoms with van der Waals surface area (Å²) in [6.07, 6.45) is 4.61. The summed E-state index contributed by atoms with van der Waals surface area (Å²) in [6.45, 7) is 0.637. The third-order valence-corrected chi connectivity index (χ3v) is 6.30. The molecule has 34 heavy (non-hydrogen) atoms. The number of aliphatic hydroxyl groups is 1. The lowest BCUT2D eigenvalue weighted by Gasteiger charge is -2.38. The van der Waals surface area contributed by atoms with E-state index in [1.165, 1.54) is 29.4 Å². The molecule has 9 nitrogen and oxygen atoms in total. The van der Waals surface area contributed by atoms with Gasteiger partial charge in [-0.1, -0.05) is 11.6 Å².